The molecule has 1 aliphatic carbocycles. The number of carbonyl (C=O) groups is 2. The van der Waals surface area contributed by atoms with Crippen LogP contribution in [0.5, 0.6) is 0 Å². The molecule has 41 heavy (non-hydrogen) atoms. The largest absolute Gasteiger partial charge is 0.430 e. The molecule has 2 aromatic carbocycles. The Balaban J connectivity index is 1.52. The fourth-order valence-electron chi connectivity index (χ4n) is 5.58. The van der Waals surface area contributed by atoms with Gasteiger partial charge >= 0.3 is 12.4 Å². The van der Waals surface area contributed by atoms with E-state index < -0.39 is 47.3 Å². The first kappa shape index (κ1) is 30.7. The van der Waals surface area contributed by atoms with Crippen molar-refractivity contribution in [1.29, 1.82) is 0 Å². The Morgan fingerprint density at radius 1 is 0.829 bits per heavy atom. The van der Waals surface area contributed by atoms with Gasteiger partial charge in [-0.05, 0) is 42.9 Å². The Kier molecular flexibility index (Phi) is 8.68. The Morgan fingerprint density at radius 2 is 1.37 bits per heavy atom. The first-order valence-electron chi connectivity index (χ1n) is 13.0. The van der Waals surface area contributed by atoms with Gasteiger partial charge in [0.05, 0.1) is 6.61 Å². The lowest BCUT2D eigenvalue weighted by molar-refractivity contribution is -0.392. The third kappa shape index (κ3) is 6.05. The molecule has 2 fully saturated rings. The van der Waals surface area contributed by atoms with Crippen LogP contribution >= 0.6 is 0 Å². The zero-order chi connectivity index (χ0) is 30.2. The maximum atomic E-state index is 14.2. The number of piperazine rings is 1. The SMILES string of the molecule is CC(=O)N1CCN(C(=O)[C@@H]2CC[C@H](c3ccc(C(OCc4c(F)cccc4F)(C(F)(F)F)C(F)(F)F)cc3)C2)CC1. The average molecular weight is 593 g/mol. The number of hydrogen-bond acceptors (Lipinski definition) is 3. The third-order valence-electron chi connectivity index (χ3n) is 7.90. The molecule has 13 heteroatoms. The van der Waals surface area contributed by atoms with Gasteiger partial charge < -0.3 is 14.5 Å². The first-order chi connectivity index (χ1) is 19.2. The number of alkyl halides is 6. The highest BCUT2D eigenvalue weighted by Crippen LogP contribution is 2.53. The summed E-state index contributed by atoms with van der Waals surface area (Å²) in [4.78, 5) is 27.8. The fourth-order valence-corrected chi connectivity index (χ4v) is 5.58. The van der Waals surface area contributed by atoms with E-state index in [1.807, 2.05) is 0 Å². The highest BCUT2D eigenvalue weighted by Gasteiger charge is 2.73. The van der Waals surface area contributed by atoms with Crippen molar-refractivity contribution < 1.29 is 49.4 Å². The van der Waals surface area contributed by atoms with Gasteiger partial charge in [-0.15, -0.1) is 0 Å². The van der Waals surface area contributed by atoms with Gasteiger partial charge in [0.25, 0.3) is 5.60 Å². The number of rotatable bonds is 6. The van der Waals surface area contributed by atoms with Crippen LogP contribution in [0.25, 0.3) is 0 Å². The van der Waals surface area contributed by atoms with E-state index >= 15 is 0 Å². The number of amides is 2. The number of nitrogens with zero attached hydrogens (tertiary/aromatic N) is 2. The normalized spacial score (nSPS) is 20.4. The predicted octanol–water partition coefficient (Wildman–Crippen LogP) is 6.08. The molecule has 0 aromatic heterocycles. The van der Waals surface area contributed by atoms with Crippen LogP contribution in [0.2, 0.25) is 0 Å². The molecular weight excluding hydrogens is 564 g/mol. The van der Waals surface area contributed by atoms with Crippen molar-refractivity contribution in [1.82, 2.24) is 9.80 Å². The zero-order valence-corrected chi connectivity index (χ0v) is 22.0. The second-order valence-electron chi connectivity index (χ2n) is 10.3. The molecule has 0 N–H and O–H groups in total. The van der Waals surface area contributed by atoms with E-state index in [1.165, 1.54) is 6.92 Å². The molecule has 2 amide bonds. The Morgan fingerprint density at radius 3 is 1.88 bits per heavy atom. The summed E-state index contributed by atoms with van der Waals surface area (Å²) in [6.07, 6.45) is -10.7. The molecule has 1 heterocycles. The van der Waals surface area contributed by atoms with E-state index in [0.29, 0.717) is 75.3 Å². The Labute approximate surface area is 231 Å². The van der Waals surface area contributed by atoms with Crippen molar-refractivity contribution in [2.75, 3.05) is 26.2 Å². The van der Waals surface area contributed by atoms with Gasteiger partial charge in [0, 0.05) is 50.1 Å². The second-order valence-corrected chi connectivity index (χ2v) is 10.3. The summed E-state index contributed by atoms with van der Waals surface area (Å²) in [5, 5.41) is 0. The number of benzene rings is 2. The smallest absolute Gasteiger partial charge is 0.349 e. The molecule has 2 aliphatic rings. The number of hydrogen-bond donors (Lipinski definition) is 0. The minimum Gasteiger partial charge on any atom is -0.349 e. The van der Waals surface area contributed by atoms with Gasteiger partial charge in [0.15, 0.2) is 0 Å². The minimum atomic E-state index is -6.02. The van der Waals surface area contributed by atoms with E-state index in [4.69, 9.17) is 0 Å². The molecule has 0 radical (unpaired) electrons. The Bertz CT molecular complexity index is 1220. The van der Waals surface area contributed by atoms with E-state index in [2.05, 4.69) is 4.74 Å². The summed E-state index contributed by atoms with van der Waals surface area (Å²) < 4.78 is 117. The van der Waals surface area contributed by atoms with E-state index in [0.717, 1.165) is 18.2 Å². The predicted molar refractivity (Wildman–Crippen MR) is 130 cm³/mol. The van der Waals surface area contributed by atoms with E-state index in [-0.39, 0.29) is 23.7 Å². The molecule has 224 valence electrons. The molecule has 5 nitrogen and oxygen atoms in total. The average Bonchev–Trinajstić information content (AvgIpc) is 3.39. The molecule has 2 aromatic rings. The maximum absolute atomic E-state index is 14.2. The van der Waals surface area contributed by atoms with Crippen molar-refractivity contribution >= 4 is 11.8 Å². The molecule has 1 aliphatic heterocycles. The van der Waals surface area contributed by atoms with Crippen LogP contribution in [0.15, 0.2) is 42.5 Å². The van der Waals surface area contributed by atoms with Crippen LogP contribution in [-0.4, -0.2) is 60.1 Å². The monoisotopic (exact) mass is 592 g/mol. The molecule has 4 rings (SSSR count). The van der Waals surface area contributed by atoms with Crippen LogP contribution < -0.4 is 0 Å². The van der Waals surface area contributed by atoms with Crippen molar-refractivity contribution in [3.8, 4) is 0 Å². The van der Waals surface area contributed by atoms with Crippen molar-refractivity contribution in [2.24, 2.45) is 5.92 Å². The number of halogens is 8. The maximum Gasteiger partial charge on any atom is 0.430 e. The van der Waals surface area contributed by atoms with E-state index in [1.54, 1.807) is 9.80 Å². The minimum absolute atomic E-state index is 0.0775. The lowest BCUT2D eigenvalue weighted by Crippen LogP contribution is -2.55. The van der Waals surface area contributed by atoms with Crippen molar-refractivity contribution in [3.63, 3.8) is 0 Å². The fraction of sp³-hybridized carbons (Fsp3) is 0.500. The molecular formula is C28H28F8N2O3. The first-order valence-corrected chi connectivity index (χ1v) is 13.0. The van der Waals surface area contributed by atoms with Gasteiger partial charge in [-0.1, -0.05) is 30.3 Å². The molecule has 2 atom stereocenters. The number of ether oxygens (including phenoxy) is 1. The van der Waals surface area contributed by atoms with Crippen LogP contribution in [0, 0.1) is 17.6 Å². The summed E-state index contributed by atoms with van der Waals surface area (Å²) in [7, 11) is 0. The van der Waals surface area contributed by atoms with Gasteiger partial charge in [-0.2, -0.15) is 26.3 Å². The molecule has 1 saturated carbocycles. The quantitative estimate of drug-likeness (QED) is 0.383. The standard InChI is InChI=1S/C28H28F8N2O3/c1-17(39)37-11-13-38(14-12-37)25(40)20-6-5-19(15-20)18-7-9-21(10-8-18)26(27(31,32)33,28(34,35)36)41-16-22-23(29)3-2-4-24(22)30/h2-4,7-10,19-20H,5-6,11-16H2,1H3/t19-,20+/m0/s1. The van der Waals surface area contributed by atoms with Crippen molar-refractivity contribution in [2.45, 2.75) is 56.7 Å². The summed E-state index contributed by atoms with van der Waals surface area (Å²) in [6.45, 7) is 1.46. The topological polar surface area (TPSA) is 49.9 Å². The van der Waals surface area contributed by atoms with Gasteiger partial charge in [0.2, 0.25) is 11.8 Å². The molecule has 0 unspecified atom stereocenters. The van der Waals surface area contributed by atoms with Crippen LogP contribution in [0.3, 0.4) is 0 Å². The van der Waals surface area contributed by atoms with Gasteiger partial charge in [0.1, 0.15) is 11.6 Å². The lowest BCUT2D eigenvalue weighted by Gasteiger charge is -2.37. The van der Waals surface area contributed by atoms with Crippen LogP contribution in [0.4, 0.5) is 35.1 Å². The van der Waals surface area contributed by atoms with Gasteiger partial charge in [-0.3, -0.25) is 9.59 Å². The zero-order valence-electron chi connectivity index (χ0n) is 22.0. The second kappa shape index (κ2) is 11.6. The highest BCUT2D eigenvalue weighted by molar-refractivity contribution is 5.80. The van der Waals surface area contributed by atoms with Crippen LogP contribution in [0.1, 0.15) is 48.8 Å². The summed E-state index contributed by atoms with van der Waals surface area (Å²) in [6, 6.07) is 5.91. The summed E-state index contributed by atoms with van der Waals surface area (Å²) in [5.74, 6) is -3.47. The van der Waals surface area contributed by atoms with E-state index in [9.17, 15) is 44.7 Å². The summed E-state index contributed by atoms with van der Waals surface area (Å²) in [5.41, 5.74) is -6.73. The highest BCUT2D eigenvalue weighted by atomic mass is 19.4. The van der Waals surface area contributed by atoms with Crippen molar-refractivity contribution in [3.05, 3.63) is 70.8 Å². The summed E-state index contributed by atoms with van der Waals surface area (Å²) >= 11 is 0. The molecule has 0 spiro atoms. The number of carbonyl (C=O) groups excluding carboxylic acids is 2. The molecule has 0 bridgehead atoms. The lowest BCUT2D eigenvalue weighted by atomic mass is 9.88. The Hall–Kier alpha value is -3.22. The van der Waals surface area contributed by atoms with Gasteiger partial charge in [-0.25, -0.2) is 8.78 Å². The third-order valence-corrected chi connectivity index (χ3v) is 7.90. The molecule has 1 saturated heterocycles. The van der Waals surface area contributed by atoms with Crippen LogP contribution in [-0.2, 0) is 26.5 Å².